The fourth-order valence-electron chi connectivity index (χ4n) is 6.54. The van der Waals surface area contributed by atoms with Gasteiger partial charge in [0, 0.05) is 31.9 Å². The second-order valence-corrected chi connectivity index (χ2v) is 15.8. The molecule has 3 aromatic rings. The summed E-state index contributed by atoms with van der Waals surface area (Å²) in [4.78, 5) is 93.9. The lowest BCUT2D eigenvalue weighted by molar-refractivity contribution is -0.142. The van der Waals surface area contributed by atoms with Crippen molar-refractivity contribution in [2.45, 2.75) is 102 Å². The summed E-state index contributed by atoms with van der Waals surface area (Å²) < 4.78 is 0. The Kier molecular flexibility index (Phi) is 21.1. The first-order chi connectivity index (χ1) is 30.5. The van der Waals surface area contributed by atoms with Gasteiger partial charge in [-0.1, -0.05) is 56.7 Å². The van der Waals surface area contributed by atoms with E-state index in [1.54, 1.807) is 38.1 Å². The van der Waals surface area contributed by atoms with Crippen LogP contribution in [0.15, 0.2) is 72.8 Å². The SMILES string of the molecule is CCC(C)[C@H](NC(=O)[C@H](CS)NC(C)=O)C(=O)N[C@@H](Cc1ccc(O)cc1)C(=O)N[C@@H](CCCCN)C(=O)N[C@@H](Cc1ccc(C#N)cc1)C(=O)N[C@@H](Cc1ccc(O)cc1)C(=O)O. The highest BCUT2D eigenvalue weighted by Gasteiger charge is 2.35. The molecule has 64 heavy (non-hydrogen) atoms. The number of carbonyl (C=O) groups is 7. The topological polar surface area (TPSA) is 302 Å². The molecule has 0 aliphatic heterocycles. The molecule has 0 radical (unpaired) electrons. The number of aromatic hydroxyl groups is 2. The summed E-state index contributed by atoms with van der Waals surface area (Å²) >= 11 is 4.16. The second kappa shape index (κ2) is 26.1. The van der Waals surface area contributed by atoms with Gasteiger partial charge in [0.2, 0.25) is 35.4 Å². The van der Waals surface area contributed by atoms with E-state index in [1.807, 2.05) is 6.07 Å². The third kappa shape index (κ3) is 16.9. The van der Waals surface area contributed by atoms with Crippen LogP contribution in [-0.2, 0) is 52.8 Å². The number of benzene rings is 3. The van der Waals surface area contributed by atoms with Gasteiger partial charge in [-0.25, -0.2) is 4.79 Å². The largest absolute Gasteiger partial charge is 0.508 e. The summed E-state index contributed by atoms with van der Waals surface area (Å²) in [6.45, 7) is 5.03. The fraction of sp³-hybridized carbons (Fsp3) is 0.422. The molecule has 3 aromatic carbocycles. The zero-order valence-corrected chi connectivity index (χ0v) is 36.9. The van der Waals surface area contributed by atoms with Crippen LogP contribution in [-0.4, -0.2) is 105 Å². The zero-order valence-electron chi connectivity index (χ0n) is 36.0. The van der Waals surface area contributed by atoms with Crippen LogP contribution in [0.4, 0.5) is 0 Å². The normalized spacial score (nSPS) is 14.1. The smallest absolute Gasteiger partial charge is 0.326 e. The van der Waals surface area contributed by atoms with Crippen molar-refractivity contribution in [3.63, 3.8) is 0 Å². The van der Waals surface area contributed by atoms with Gasteiger partial charge in [-0.2, -0.15) is 17.9 Å². The minimum Gasteiger partial charge on any atom is -0.508 e. The van der Waals surface area contributed by atoms with Crippen molar-refractivity contribution in [3.05, 3.63) is 95.1 Å². The molecule has 3 rings (SSSR count). The number of aliphatic carboxylic acids is 1. The number of rotatable bonds is 25. The van der Waals surface area contributed by atoms with Crippen molar-refractivity contribution < 1.29 is 48.9 Å². The number of carbonyl (C=O) groups excluding carboxylic acids is 6. The molecule has 0 saturated carbocycles. The summed E-state index contributed by atoms with van der Waals surface area (Å²) in [5, 5.41) is 54.8. The number of carboxylic acid groups (broad SMARTS) is 1. The molecular formula is C45H58N8O10S. The number of nitrogens with two attached hydrogens (primary N) is 1. The van der Waals surface area contributed by atoms with Crippen LogP contribution in [0.2, 0.25) is 0 Å². The highest BCUT2D eigenvalue weighted by atomic mass is 32.1. The van der Waals surface area contributed by atoms with Gasteiger partial charge in [0.15, 0.2) is 0 Å². The number of hydrogen-bond acceptors (Lipinski definition) is 12. The van der Waals surface area contributed by atoms with Gasteiger partial charge >= 0.3 is 5.97 Å². The van der Waals surface area contributed by atoms with Crippen LogP contribution in [0.5, 0.6) is 11.5 Å². The first kappa shape index (κ1) is 51.7. The Labute approximate surface area is 377 Å². The summed E-state index contributed by atoms with van der Waals surface area (Å²) in [6, 6.07) is 12.2. The zero-order chi connectivity index (χ0) is 47.3. The Hall–Kier alpha value is -6.65. The minimum atomic E-state index is -1.44. The highest BCUT2D eigenvalue weighted by Crippen LogP contribution is 2.16. The van der Waals surface area contributed by atoms with Crippen molar-refractivity contribution >= 4 is 54.0 Å². The Morgan fingerprint density at radius 2 is 1.05 bits per heavy atom. The average molecular weight is 903 g/mol. The summed E-state index contributed by atoms with van der Waals surface area (Å²) in [6.07, 6.45) is 0.868. The highest BCUT2D eigenvalue weighted by molar-refractivity contribution is 7.80. The number of amides is 6. The predicted octanol–water partition coefficient (Wildman–Crippen LogP) is 1.12. The molecule has 6 amide bonds. The number of nitrogens with one attached hydrogen (secondary N) is 6. The summed E-state index contributed by atoms with van der Waals surface area (Å²) in [7, 11) is 0. The molecule has 0 aliphatic rings. The van der Waals surface area contributed by atoms with E-state index in [2.05, 4.69) is 44.5 Å². The van der Waals surface area contributed by atoms with Gasteiger partial charge in [0.05, 0.1) is 11.6 Å². The van der Waals surface area contributed by atoms with Crippen molar-refractivity contribution in [2.75, 3.05) is 12.3 Å². The van der Waals surface area contributed by atoms with Crippen LogP contribution in [0.3, 0.4) is 0 Å². The molecule has 7 atom stereocenters. The number of nitriles is 1. The molecule has 1 unspecified atom stereocenters. The number of unbranched alkanes of at least 4 members (excludes halogenated alkanes) is 1. The molecule has 11 N–H and O–H groups in total. The molecule has 0 bridgehead atoms. The van der Waals surface area contributed by atoms with Gasteiger partial charge in [-0.15, -0.1) is 0 Å². The van der Waals surface area contributed by atoms with Gasteiger partial charge in [-0.3, -0.25) is 28.8 Å². The number of nitrogens with zero attached hydrogens (tertiary/aromatic N) is 1. The molecule has 0 fully saturated rings. The van der Waals surface area contributed by atoms with Gasteiger partial charge in [-0.05, 0) is 84.8 Å². The molecule has 0 aliphatic carbocycles. The van der Waals surface area contributed by atoms with Crippen LogP contribution >= 0.6 is 12.6 Å². The third-order valence-corrected chi connectivity index (χ3v) is 10.8. The Morgan fingerprint density at radius 3 is 1.48 bits per heavy atom. The van der Waals surface area contributed by atoms with Crippen LogP contribution in [0.1, 0.15) is 68.7 Å². The maximum atomic E-state index is 14.3. The third-order valence-electron chi connectivity index (χ3n) is 10.4. The van der Waals surface area contributed by atoms with Crippen molar-refractivity contribution in [2.24, 2.45) is 11.7 Å². The average Bonchev–Trinajstić information content (AvgIpc) is 3.27. The molecule has 19 heteroatoms. The molecule has 18 nitrogen and oxygen atoms in total. The van der Waals surface area contributed by atoms with E-state index in [1.165, 1.54) is 55.5 Å². The lowest BCUT2D eigenvalue weighted by Gasteiger charge is -2.29. The van der Waals surface area contributed by atoms with E-state index in [4.69, 9.17) is 5.73 Å². The Morgan fingerprint density at radius 1 is 0.625 bits per heavy atom. The molecular weight excluding hydrogens is 845 g/mol. The summed E-state index contributed by atoms with van der Waals surface area (Å²) in [5.41, 5.74) is 7.64. The molecule has 0 saturated heterocycles. The maximum Gasteiger partial charge on any atom is 0.326 e. The first-order valence-electron chi connectivity index (χ1n) is 20.9. The number of phenolic OH excluding ortho intramolecular Hbond substituents is 2. The van der Waals surface area contributed by atoms with Crippen LogP contribution in [0, 0.1) is 17.2 Å². The van der Waals surface area contributed by atoms with E-state index < -0.39 is 83.6 Å². The fourth-order valence-corrected chi connectivity index (χ4v) is 6.80. The van der Waals surface area contributed by atoms with E-state index >= 15 is 0 Å². The Balaban J connectivity index is 1.97. The van der Waals surface area contributed by atoms with E-state index in [0.717, 1.165) is 0 Å². The van der Waals surface area contributed by atoms with Crippen molar-refractivity contribution in [1.29, 1.82) is 5.26 Å². The summed E-state index contributed by atoms with van der Waals surface area (Å²) in [5.74, 6) is -6.29. The van der Waals surface area contributed by atoms with E-state index in [9.17, 15) is 54.1 Å². The lowest BCUT2D eigenvalue weighted by atomic mass is 9.96. The molecule has 344 valence electrons. The minimum absolute atomic E-state index is 0.0337. The molecule has 0 aromatic heterocycles. The predicted molar refractivity (Wildman–Crippen MR) is 240 cm³/mol. The van der Waals surface area contributed by atoms with Gasteiger partial charge in [0.25, 0.3) is 0 Å². The second-order valence-electron chi connectivity index (χ2n) is 15.4. The van der Waals surface area contributed by atoms with E-state index in [-0.39, 0.29) is 49.5 Å². The number of hydrogen-bond donors (Lipinski definition) is 11. The van der Waals surface area contributed by atoms with Crippen molar-refractivity contribution in [1.82, 2.24) is 31.9 Å². The molecule has 0 heterocycles. The number of phenols is 2. The quantitative estimate of drug-likeness (QED) is 0.0421. The number of carboxylic acids is 1. The van der Waals surface area contributed by atoms with Crippen LogP contribution < -0.4 is 37.6 Å². The Bertz CT molecular complexity index is 2100. The maximum absolute atomic E-state index is 14.3. The monoisotopic (exact) mass is 902 g/mol. The van der Waals surface area contributed by atoms with Gasteiger partial charge in [0.1, 0.15) is 47.8 Å². The van der Waals surface area contributed by atoms with Crippen LogP contribution in [0.25, 0.3) is 0 Å². The number of thiol groups is 1. The first-order valence-corrected chi connectivity index (χ1v) is 21.5. The van der Waals surface area contributed by atoms with Gasteiger partial charge < -0.3 is 53.0 Å². The standard InChI is InChI=1S/C45H58N8O10S/c1-4-26(2)39(53-43(60)38(25-64)48-27(3)54)44(61)51-36(22-29-12-16-32(55)17-13-29)41(58)49-34(7-5-6-20-46)40(57)50-35(21-28-8-10-31(24-47)11-9-28)42(59)52-37(45(62)63)23-30-14-18-33(56)19-15-30/h8-19,26,34-39,55-56,64H,4-7,20-23,25,46H2,1-3H3,(H,48,54)(H,49,58)(H,50,57)(H,51,61)(H,52,59)(H,53,60)(H,62,63)/t26?,34-,35-,36-,37-,38-,39-/m0/s1. The lowest BCUT2D eigenvalue weighted by Crippen LogP contribution is -2.61. The van der Waals surface area contributed by atoms with Crippen molar-refractivity contribution in [3.8, 4) is 17.6 Å². The van der Waals surface area contributed by atoms with E-state index in [0.29, 0.717) is 41.5 Å². The molecule has 0 spiro atoms.